The van der Waals surface area contributed by atoms with Gasteiger partial charge in [-0.1, -0.05) is 0 Å². The molecule has 0 saturated carbocycles. The largest absolute Gasteiger partial charge is 0.497 e. The van der Waals surface area contributed by atoms with Crippen LogP contribution in [0, 0.1) is 0 Å². The SMILES string of the molecule is COc1ccc2c(c1)C=C(C(=O)NC[C@H]1COCCO1)CO2. The van der Waals surface area contributed by atoms with Gasteiger partial charge in [-0.3, -0.25) is 4.79 Å². The molecule has 0 radical (unpaired) electrons. The van der Waals surface area contributed by atoms with Gasteiger partial charge in [0.2, 0.25) is 0 Å². The van der Waals surface area contributed by atoms with E-state index in [4.69, 9.17) is 18.9 Å². The zero-order valence-electron chi connectivity index (χ0n) is 12.5. The second kappa shape index (κ2) is 6.81. The molecule has 1 amide bonds. The zero-order valence-corrected chi connectivity index (χ0v) is 12.5. The fraction of sp³-hybridized carbons (Fsp3) is 0.438. The Kier molecular flexibility index (Phi) is 4.60. The number of rotatable bonds is 4. The van der Waals surface area contributed by atoms with Gasteiger partial charge >= 0.3 is 0 Å². The monoisotopic (exact) mass is 305 g/mol. The first-order valence-electron chi connectivity index (χ1n) is 7.25. The average molecular weight is 305 g/mol. The number of fused-ring (bicyclic) bond motifs is 1. The van der Waals surface area contributed by atoms with Crippen LogP contribution in [0.2, 0.25) is 0 Å². The Morgan fingerprint density at radius 3 is 3.09 bits per heavy atom. The van der Waals surface area contributed by atoms with Crippen molar-refractivity contribution in [1.82, 2.24) is 5.32 Å². The minimum absolute atomic E-state index is 0.0878. The van der Waals surface area contributed by atoms with E-state index in [0.29, 0.717) is 31.9 Å². The van der Waals surface area contributed by atoms with Gasteiger partial charge in [-0.2, -0.15) is 0 Å². The van der Waals surface area contributed by atoms with E-state index in [-0.39, 0.29) is 18.6 Å². The van der Waals surface area contributed by atoms with Gasteiger partial charge in [0.25, 0.3) is 5.91 Å². The number of benzene rings is 1. The summed E-state index contributed by atoms with van der Waals surface area (Å²) in [6, 6.07) is 5.52. The highest BCUT2D eigenvalue weighted by Crippen LogP contribution is 2.29. The van der Waals surface area contributed by atoms with Gasteiger partial charge in [0.15, 0.2) is 0 Å². The van der Waals surface area contributed by atoms with Crippen molar-refractivity contribution in [3.05, 3.63) is 29.3 Å². The third-order valence-corrected chi connectivity index (χ3v) is 3.60. The van der Waals surface area contributed by atoms with Crippen molar-refractivity contribution < 1.29 is 23.7 Å². The molecule has 6 nitrogen and oxygen atoms in total. The number of hydrogen-bond donors (Lipinski definition) is 1. The van der Waals surface area contributed by atoms with Gasteiger partial charge in [-0.05, 0) is 24.3 Å². The Labute approximate surface area is 129 Å². The quantitative estimate of drug-likeness (QED) is 0.899. The highest BCUT2D eigenvalue weighted by molar-refractivity contribution is 5.99. The molecule has 0 unspecified atom stereocenters. The molecule has 2 aliphatic heterocycles. The molecule has 118 valence electrons. The van der Waals surface area contributed by atoms with Crippen molar-refractivity contribution in [1.29, 1.82) is 0 Å². The zero-order chi connectivity index (χ0) is 15.4. The van der Waals surface area contributed by atoms with E-state index in [0.717, 1.165) is 17.1 Å². The van der Waals surface area contributed by atoms with E-state index in [1.54, 1.807) is 7.11 Å². The summed E-state index contributed by atoms with van der Waals surface area (Å²) >= 11 is 0. The molecule has 3 rings (SSSR count). The number of methoxy groups -OCH3 is 1. The standard InChI is InChI=1S/C16H19NO5/c1-19-13-2-3-15-11(7-13)6-12(9-22-15)16(18)17-8-14-10-20-4-5-21-14/h2-3,6-7,14H,4-5,8-10H2,1H3,(H,17,18)/t14-/m0/s1. The average Bonchev–Trinajstić information content (AvgIpc) is 2.59. The van der Waals surface area contributed by atoms with Gasteiger partial charge in [-0.15, -0.1) is 0 Å². The molecule has 1 aromatic carbocycles. The number of amides is 1. The molecule has 0 spiro atoms. The number of ether oxygens (including phenoxy) is 4. The number of carbonyl (C=O) groups is 1. The molecular formula is C16H19NO5. The Hall–Kier alpha value is -2.05. The van der Waals surface area contributed by atoms with Crippen LogP contribution in [-0.4, -0.2) is 52.1 Å². The number of nitrogens with one attached hydrogen (secondary N) is 1. The van der Waals surface area contributed by atoms with E-state index in [2.05, 4.69) is 5.32 Å². The first-order valence-corrected chi connectivity index (χ1v) is 7.25. The molecule has 6 heteroatoms. The van der Waals surface area contributed by atoms with Crippen LogP contribution < -0.4 is 14.8 Å². The van der Waals surface area contributed by atoms with Crippen LogP contribution in [0.15, 0.2) is 23.8 Å². The summed E-state index contributed by atoms with van der Waals surface area (Å²) in [4.78, 5) is 12.2. The fourth-order valence-corrected chi connectivity index (χ4v) is 2.39. The molecular weight excluding hydrogens is 286 g/mol. The summed E-state index contributed by atoms with van der Waals surface area (Å²) in [5, 5.41) is 2.86. The summed E-state index contributed by atoms with van der Waals surface area (Å²) in [6.45, 7) is 2.38. The highest BCUT2D eigenvalue weighted by Gasteiger charge is 2.20. The van der Waals surface area contributed by atoms with Crippen LogP contribution in [0.4, 0.5) is 0 Å². The predicted molar refractivity (Wildman–Crippen MR) is 80.0 cm³/mol. The minimum atomic E-state index is -0.150. The van der Waals surface area contributed by atoms with Gasteiger partial charge in [0.05, 0.1) is 38.6 Å². The van der Waals surface area contributed by atoms with Crippen LogP contribution in [0.25, 0.3) is 6.08 Å². The second-order valence-corrected chi connectivity index (χ2v) is 5.14. The lowest BCUT2D eigenvalue weighted by Crippen LogP contribution is -2.40. The molecule has 0 bridgehead atoms. The highest BCUT2D eigenvalue weighted by atomic mass is 16.6. The lowest BCUT2D eigenvalue weighted by molar-refractivity contribution is -0.120. The smallest absolute Gasteiger partial charge is 0.250 e. The molecule has 0 aromatic heterocycles. The van der Waals surface area contributed by atoms with E-state index in [9.17, 15) is 4.79 Å². The van der Waals surface area contributed by atoms with E-state index in [1.807, 2.05) is 24.3 Å². The summed E-state index contributed by atoms with van der Waals surface area (Å²) in [5.74, 6) is 1.33. The molecule has 1 atom stereocenters. The van der Waals surface area contributed by atoms with Crippen LogP contribution in [0.1, 0.15) is 5.56 Å². The normalized spacial score (nSPS) is 20.4. The fourth-order valence-electron chi connectivity index (χ4n) is 2.39. The molecule has 1 aromatic rings. The van der Waals surface area contributed by atoms with Gasteiger partial charge < -0.3 is 24.3 Å². The van der Waals surface area contributed by atoms with E-state index in [1.165, 1.54) is 0 Å². The van der Waals surface area contributed by atoms with Crippen molar-refractivity contribution in [3.63, 3.8) is 0 Å². The van der Waals surface area contributed by atoms with Gasteiger partial charge in [0.1, 0.15) is 18.1 Å². The summed E-state index contributed by atoms with van der Waals surface area (Å²) < 4.78 is 21.6. The van der Waals surface area contributed by atoms with Crippen molar-refractivity contribution in [2.75, 3.05) is 40.1 Å². The minimum Gasteiger partial charge on any atom is -0.497 e. The molecule has 2 aliphatic rings. The lowest BCUT2D eigenvalue weighted by atomic mass is 10.1. The van der Waals surface area contributed by atoms with Gasteiger partial charge in [-0.25, -0.2) is 0 Å². The lowest BCUT2D eigenvalue weighted by Gasteiger charge is -2.24. The summed E-state index contributed by atoms with van der Waals surface area (Å²) in [5.41, 5.74) is 1.42. The first-order chi connectivity index (χ1) is 10.8. The maximum Gasteiger partial charge on any atom is 0.250 e. The summed E-state index contributed by atoms with van der Waals surface area (Å²) in [7, 11) is 1.61. The Balaban J connectivity index is 1.63. The van der Waals surface area contributed by atoms with Crippen molar-refractivity contribution in [2.45, 2.75) is 6.10 Å². The summed E-state index contributed by atoms with van der Waals surface area (Å²) in [6.07, 6.45) is 1.74. The Morgan fingerprint density at radius 1 is 1.41 bits per heavy atom. The first kappa shape index (κ1) is 14.9. The third-order valence-electron chi connectivity index (χ3n) is 3.60. The van der Waals surface area contributed by atoms with Crippen molar-refractivity contribution in [3.8, 4) is 11.5 Å². The molecule has 1 fully saturated rings. The van der Waals surface area contributed by atoms with Crippen molar-refractivity contribution in [2.24, 2.45) is 0 Å². The third kappa shape index (κ3) is 3.40. The second-order valence-electron chi connectivity index (χ2n) is 5.14. The van der Waals surface area contributed by atoms with E-state index >= 15 is 0 Å². The van der Waals surface area contributed by atoms with Crippen LogP contribution in [-0.2, 0) is 14.3 Å². The van der Waals surface area contributed by atoms with Crippen LogP contribution >= 0.6 is 0 Å². The van der Waals surface area contributed by atoms with Crippen molar-refractivity contribution >= 4 is 12.0 Å². The maximum absolute atomic E-state index is 12.2. The molecule has 2 heterocycles. The topological polar surface area (TPSA) is 66.0 Å². The van der Waals surface area contributed by atoms with E-state index < -0.39 is 0 Å². The molecule has 1 N–H and O–H groups in total. The number of hydrogen-bond acceptors (Lipinski definition) is 5. The van der Waals surface area contributed by atoms with Crippen LogP contribution in [0.3, 0.4) is 0 Å². The Morgan fingerprint density at radius 2 is 2.32 bits per heavy atom. The molecule has 0 aliphatic carbocycles. The maximum atomic E-state index is 12.2. The molecule has 22 heavy (non-hydrogen) atoms. The Bertz CT molecular complexity index is 578. The predicted octanol–water partition coefficient (Wildman–Crippen LogP) is 1.00. The van der Waals surface area contributed by atoms with Gasteiger partial charge in [0, 0.05) is 12.1 Å². The number of carbonyl (C=O) groups excluding carboxylic acids is 1. The van der Waals surface area contributed by atoms with Crippen LogP contribution in [0.5, 0.6) is 11.5 Å². The molecule has 1 saturated heterocycles.